The van der Waals surface area contributed by atoms with Crippen LogP contribution in [0.2, 0.25) is 0 Å². The minimum atomic E-state index is -0.276. The topological polar surface area (TPSA) is 34.9 Å². The van der Waals surface area contributed by atoms with Crippen molar-refractivity contribution in [2.45, 2.75) is 26.8 Å². The number of fused-ring (bicyclic) bond motifs is 1. The van der Waals surface area contributed by atoms with Crippen LogP contribution in [0.3, 0.4) is 0 Å². The zero-order valence-corrected chi connectivity index (χ0v) is 12.7. The molecule has 0 N–H and O–H groups in total. The summed E-state index contributed by atoms with van der Waals surface area (Å²) >= 11 is 1.57. The van der Waals surface area contributed by atoms with Gasteiger partial charge in [0.25, 0.3) is 5.56 Å². The van der Waals surface area contributed by atoms with E-state index in [9.17, 15) is 9.18 Å². The van der Waals surface area contributed by atoms with E-state index in [1.54, 1.807) is 28.0 Å². The Bertz CT molecular complexity index is 849. The van der Waals surface area contributed by atoms with E-state index in [1.165, 1.54) is 12.1 Å². The fourth-order valence-corrected chi connectivity index (χ4v) is 3.30. The summed E-state index contributed by atoms with van der Waals surface area (Å²) in [6.45, 7) is 4.30. The average Bonchev–Trinajstić information content (AvgIpc) is 2.88. The van der Waals surface area contributed by atoms with Crippen molar-refractivity contribution in [1.29, 1.82) is 0 Å². The number of nitrogens with zero attached hydrogens (tertiary/aromatic N) is 2. The van der Waals surface area contributed by atoms with Crippen molar-refractivity contribution in [1.82, 2.24) is 9.55 Å². The Kier molecular flexibility index (Phi) is 3.59. The molecule has 1 aromatic carbocycles. The highest BCUT2D eigenvalue weighted by atomic mass is 32.1. The molecule has 0 amide bonds. The number of rotatable bonds is 3. The smallest absolute Gasteiger partial charge is 0.262 e. The van der Waals surface area contributed by atoms with Crippen LogP contribution >= 0.6 is 11.3 Å². The monoisotopic (exact) mass is 302 g/mol. The fourth-order valence-electron chi connectivity index (χ4n) is 2.30. The largest absolute Gasteiger partial charge is 0.292 e. The number of hydrogen-bond acceptors (Lipinski definition) is 3. The summed E-state index contributed by atoms with van der Waals surface area (Å²) in [6, 6.07) is 8.12. The van der Waals surface area contributed by atoms with Crippen LogP contribution in [-0.4, -0.2) is 9.55 Å². The van der Waals surface area contributed by atoms with Gasteiger partial charge in [0.15, 0.2) is 0 Å². The maximum atomic E-state index is 13.0. The van der Waals surface area contributed by atoms with E-state index in [2.05, 4.69) is 11.9 Å². The van der Waals surface area contributed by atoms with Crippen LogP contribution in [0.15, 0.2) is 35.1 Å². The van der Waals surface area contributed by atoms with E-state index in [1.807, 2.05) is 13.0 Å². The van der Waals surface area contributed by atoms with Crippen LogP contribution in [0.5, 0.6) is 0 Å². The summed E-state index contributed by atoms with van der Waals surface area (Å²) in [4.78, 5) is 19.1. The van der Waals surface area contributed by atoms with Gasteiger partial charge in [-0.2, -0.15) is 0 Å². The van der Waals surface area contributed by atoms with Crippen molar-refractivity contribution >= 4 is 21.6 Å². The Morgan fingerprint density at radius 3 is 2.67 bits per heavy atom. The van der Waals surface area contributed by atoms with Crippen LogP contribution in [0, 0.1) is 12.7 Å². The molecule has 2 heterocycles. The molecule has 108 valence electrons. The van der Waals surface area contributed by atoms with Gasteiger partial charge < -0.3 is 0 Å². The molecule has 0 aliphatic carbocycles. The summed E-state index contributed by atoms with van der Waals surface area (Å²) in [5, 5.41) is 0.671. The molecule has 21 heavy (non-hydrogen) atoms. The number of benzene rings is 1. The Hall–Kier alpha value is -2.01. The lowest BCUT2D eigenvalue weighted by molar-refractivity contribution is 0.625. The van der Waals surface area contributed by atoms with Crippen molar-refractivity contribution in [3.8, 4) is 0 Å². The van der Waals surface area contributed by atoms with E-state index in [0.717, 1.165) is 21.7 Å². The lowest BCUT2D eigenvalue weighted by Gasteiger charge is -2.09. The van der Waals surface area contributed by atoms with Gasteiger partial charge in [-0.15, -0.1) is 11.3 Å². The Labute approximate surface area is 125 Å². The van der Waals surface area contributed by atoms with E-state index in [4.69, 9.17) is 0 Å². The van der Waals surface area contributed by atoms with Crippen LogP contribution < -0.4 is 5.56 Å². The summed E-state index contributed by atoms with van der Waals surface area (Å²) < 4.78 is 14.6. The first-order chi connectivity index (χ1) is 10.1. The Balaban J connectivity index is 2.09. The van der Waals surface area contributed by atoms with Crippen LogP contribution in [0.25, 0.3) is 10.2 Å². The van der Waals surface area contributed by atoms with E-state index >= 15 is 0 Å². The molecule has 0 aliphatic heterocycles. The molecule has 0 unspecified atom stereocenters. The molecule has 3 rings (SSSR count). The van der Waals surface area contributed by atoms with Crippen molar-refractivity contribution in [3.63, 3.8) is 0 Å². The average molecular weight is 302 g/mol. The van der Waals surface area contributed by atoms with Crippen molar-refractivity contribution in [3.05, 3.63) is 62.8 Å². The number of aromatic nitrogens is 2. The third-order valence-electron chi connectivity index (χ3n) is 3.50. The van der Waals surface area contributed by atoms with Crippen molar-refractivity contribution in [2.75, 3.05) is 0 Å². The zero-order valence-electron chi connectivity index (χ0n) is 11.9. The first-order valence-electron chi connectivity index (χ1n) is 6.82. The Morgan fingerprint density at radius 1 is 1.29 bits per heavy atom. The molecule has 0 radical (unpaired) electrons. The second kappa shape index (κ2) is 5.41. The van der Waals surface area contributed by atoms with Gasteiger partial charge in [0.2, 0.25) is 0 Å². The number of halogens is 1. The van der Waals surface area contributed by atoms with Gasteiger partial charge in [-0.25, -0.2) is 9.37 Å². The molecule has 0 spiro atoms. The first kappa shape index (κ1) is 13.9. The van der Waals surface area contributed by atoms with Crippen LogP contribution in [0.4, 0.5) is 4.39 Å². The predicted octanol–water partition coefficient (Wildman–Crippen LogP) is 3.52. The normalized spacial score (nSPS) is 11.2. The summed E-state index contributed by atoms with van der Waals surface area (Å²) in [5.74, 6) is 0.406. The molecule has 0 bridgehead atoms. The van der Waals surface area contributed by atoms with E-state index < -0.39 is 0 Å². The number of aryl methyl sites for hydroxylation is 2. The molecule has 3 aromatic rings. The van der Waals surface area contributed by atoms with Gasteiger partial charge in [0.05, 0.1) is 11.9 Å². The summed E-state index contributed by atoms with van der Waals surface area (Å²) in [6.07, 6.45) is 0.900. The van der Waals surface area contributed by atoms with Crippen molar-refractivity contribution < 1.29 is 4.39 Å². The summed E-state index contributed by atoms with van der Waals surface area (Å²) in [5.41, 5.74) is 0.853. The number of hydrogen-bond donors (Lipinski definition) is 0. The second-order valence-corrected chi connectivity index (χ2v) is 6.08. The van der Waals surface area contributed by atoms with Gasteiger partial charge in [0, 0.05) is 4.88 Å². The van der Waals surface area contributed by atoms with E-state index in [-0.39, 0.29) is 11.4 Å². The molecular weight excluding hydrogens is 287 g/mol. The first-order valence-corrected chi connectivity index (χ1v) is 7.64. The number of thiophene rings is 1. The van der Waals surface area contributed by atoms with Crippen LogP contribution in [-0.2, 0) is 13.0 Å². The van der Waals surface area contributed by atoms with Gasteiger partial charge in [-0.05, 0) is 37.1 Å². The molecule has 5 heteroatoms. The fraction of sp³-hybridized carbons (Fsp3) is 0.250. The molecular formula is C16H15FN2OS. The van der Waals surface area contributed by atoms with Gasteiger partial charge >= 0.3 is 0 Å². The molecule has 0 fully saturated rings. The highest BCUT2D eigenvalue weighted by molar-refractivity contribution is 7.18. The van der Waals surface area contributed by atoms with Gasteiger partial charge in [0.1, 0.15) is 16.5 Å². The molecule has 0 aliphatic rings. The third-order valence-corrected chi connectivity index (χ3v) is 4.67. The molecule has 0 saturated heterocycles. The van der Waals surface area contributed by atoms with Gasteiger partial charge in [-0.1, -0.05) is 19.1 Å². The third kappa shape index (κ3) is 2.61. The second-order valence-electron chi connectivity index (χ2n) is 4.96. The molecule has 3 nitrogen and oxygen atoms in total. The zero-order chi connectivity index (χ0) is 15.0. The quantitative estimate of drug-likeness (QED) is 0.742. The van der Waals surface area contributed by atoms with Crippen molar-refractivity contribution in [2.24, 2.45) is 0 Å². The summed E-state index contributed by atoms with van der Waals surface area (Å²) in [7, 11) is 0. The minimum Gasteiger partial charge on any atom is -0.292 e. The highest BCUT2D eigenvalue weighted by Crippen LogP contribution is 2.22. The minimum absolute atomic E-state index is 0.0298. The maximum Gasteiger partial charge on any atom is 0.262 e. The van der Waals surface area contributed by atoms with Gasteiger partial charge in [-0.3, -0.25) is 9.36 Å². The lowest BCUT2D eigenvalue weighted by atomic mass is 10.2. The maximum absolute atomic E-state index is 13.0. The molecule has 0 atom stereocenters. The van der Waals surface area contributed by atoms with E-state index in [0.29, 0.717) is 17.8 Å². The standard InChI is InChI=1S/C16H15FN2OS/c1-3-13-8-14-15(21-13)18-10(2)19(16(14)20)9-11-4-6-12(17)7-5-11/h4-8H,3,9H2,1-2H3. The van der Waals surface area contributed by atoms with Crippen LogP contribution in [0.1, 0.15) is 23.2 Å². The SMILES string of the molecule is CCc1cc2c(=O)n(Cc3ccc(F)cc3)c(C)nc2s1. The Morgan fingerprint density at radius 2 is 2.00 bits per heavy atom. The highest BCUT2D eigenvalue weighted by Gasteiger charge is 2.11. The molecule has 0 saturated carbocycles. The lowest BCUT2D eigenvalue weighted by Crippen LogP contribution is -2.23. The predicted molar refractivity (Wildman–Crippen MR) is 83.5 cm³/mol. The molecule has 2 aromatic heterocycles.